The molecule has 3 fully saturated rings. The molecule has 4 aliphatic rings. The first-order chi connectivity index (χ1) is 49.7. The number of aryl methyl sites for hydroxylation is 1. The van der Waals surface area contributed by atoms with Crippen LogP contribution >= 0.6 is 34.7 Å². The van der Waals surface area contributed by atoms with Crippen LogP contribution in [0.2, 0.25) is 5.02 Å². The number of hydrogen-bond acceptors (Lipinski definition) is 18. The molecule has 5 aromatic carbocycles. The van der Waals surface area contributed by atoms with Crippen LogP contribution in [0.15, 0.2) is 147 Å². The summed E-state index contributed by atoms with van der Waals surface area (Å²) >= 11 is 9.42. The molecule has 0 bridgehead atoms. The van der Waals surface area contributed by atoms with Crippen LogP contribution in [-0.4, -0.2) is 190 Å². The Kier molecular flexibility index (Phi) is 26.4. The number of aromatic nitrogens is 1. The van der Waals surface area contributed by atoms with Crippen LogP contribution in [0.3, 0.4) is 0 Å². The summed E-state index contributed by atoms with van der Waals surface area (Å²) < 4.78 is 105. The number of nitrogens with one attached hydrogen (secondary N) is 3. The van der Waals surface area contributed by atoms with Crippen molar-refractivity contribution in [3.8, 4) is 10.4 Å². The Morgan fingerprint density at radius 3 is 2.16 bits per heavy atom. The van der Waals surface area contributed by atoms with Gasteiger partial charge in [-0.25, -0.2) is 26.5 Å². The molecule has 5 amide bonds. The number of rotatable bonds is 29. The first-order valence-corrected chi connectivity index (χ1v) is 40.6. The Balaban J connectivity index is 0.822. The Morgan fingerprint density at radius 1 is 0.857 bits per heavy atom. The van der Waals surface area contributed by atoms with Gasteiger partial charge in [0.05, 0.1) is 52.0 Å². The molecule has 0 spiro atoms. The van der Waals surface area contributed by atoms with Gasteiger partial charge in [0, 0.05) is 118 Å². The molecule has 1 aromatic heterocycles. The van der Waals surface area contributed by atoms with E-state index in [2.05, 4.69) is 37.2 Å². The van der Waals surface area contributed by atoms with Crippen LogP contribution in [0.5, 0.6) is 0 Å². The minimum atomic E-state index is -6.14. The highest BCUT2D eigenvalue weighted by molar-refractivity contribution is 7.99. The Hall–Kier alpha value is -7.41. The Labute approximate surface area is 626 Å². The fraction of sp³-hybridized carbons (Fsp3) is 0.474. The number of ether oxygens (including phenoxy) is 1. The summed E-state index contributed by atoms with van der Waals surface area (Å²) in [5.74, 6) is -2.42. The number of β-amino-alcohol motifs (C(OH)–C–C–N with tert-alkyl or cyclic N) is 1. The van der Waals surface area contributed by atoms with Gasteiger partial charge in [-0.1, -0.05) is 99.5 Å². The third-order valence-corrected chi connectivity index (χ3v) is 25.3. The fourth-order valence-corrected chi connectivity index (χ4v) is 18.3. The van der Waals surface area contributed by atoms with Crippen LogP contribution in [0.1, 0.15) is 126 Å². The van der Waals surface area contributed by atoms with Crippen molar-refractivity contribution in [2.24, 2.45) is 16.6 Å². The molecule has 6 atom stereocenters. The second-order valence-electron chi connectivity index (χ2n) is 29.1. The minimum absolute atomic E-state index is 0.00584. The van der Waals surface area contributed by atoms with Gasteiger partial charge in [-0.2, -0.15) is 13.2 Å². The lowest BCUT2D eigenvalue weighted by Crippen LogP contribution is -2.60. The standard InChI is InChI=1S/C76H94ClF3N10O11S4/c1-50(52-16-18-54(19-17-52)69-51(2)82-49-103-69)83-72(95)65-42-60(91)46-89(65)73(96)70(74(3,4)5)90(68(93)15-11-10-14-67(81)92)48-75(6)32-30-63(53-20-24-57(77)25-21-53)56(44-75)45-87-34-36-88(37-35-87)59-26-22-55(23-27-59)71(94)85-105(99,100)62-28-29-64(66(43-62)104(97,98)76(78,79)80)84-58(31-33-86-38-40-101-41-39-86)47-102-61-12-8-7-9-13-61/h7-9,12-13,16-29,43,49-50,58,60,65,70,84,91H,10-11,14-15,30-42,44-48H2,1-6H3,(H2,81,92)(H,83,95)(H,85,94)/t50-,58+,60+,65-,70+,75?/m0/s1. The summed E-state index contributed by atoms with van der Waals surface area (Å²) in [6, 6.07) is 30.3. The van der Waals surface area contributed by atoms with Gasteiger partial charge >= 0.3 is 5.51 Å². The number of allylic oxidation sites excluding steroid dienone is 1. The molecule has 105 heavy (non-hydrogen) atoms. The maximum atomic E-state index is 15.6. The van der Waals surface area contributed by atoms with Crippen LogP contribution < -0.4 is 26.0 Å². The highest BCUT2D eigenvalue weighted by Gasteiger charge is 2.51. The molecule has 6 aromatic rings. The maximum Gasteiger partial charge on any atom is 0.501 e. The molecule has 0 saturated carbocycles. The van der Waals surface area contributed by atoms with Crippen LogP contribution in [0, 0.1) is 17.8 Å². The molecular formula is C76H94ClF3N10O11S4. The van der Waals surface area contributed by atoms with Crippen LogP contribution in [0.4, 0.5) is 24.5 Å². The monoisotopic (exact) mass is 1540 g/mol. The number of amides is 5. The average molecular weight is 1540 g/mol. The van der Waals surface area contributed by atoms with E-state index in [-0.39, 0.29) is 43.8 Å². The number of thiazole rings is 1. The molecule has 4 heterocycles. The normalized spacial score (nSPS) is 19.6. The molecule has 3 saturated heterocycles. The third kappa shape index (κ3) is 20.6. The van der Waals surface area contributed by atoms with Crippen molar-refractivity contribution in [3.63, 3.8) is 0 Å². The number of primary amides is 1. The lowest BCUT2D eigenvalue weighted by atomic mass is 9.70. The number of aliphatic hydroxyl groups excluding tert-OH is 1. The first kappa shape index (κ1) is 80.1. The summed E-state index contributed by atoms with van der Waals surface area (Å²) in [6.07, 6.45) is 2.06. The van der Waals surface area contributed by atoms with E-state index in [1.165, 1.54) is 28.8 Å². The van der Waals surface area contributed by atoms with Gasteiger partial charge in [0.2, 0.25) is 23.6 Å². The molecule has 6 N–H and O–H groups in total. The number of unbranched alkanes of at least 4 members (excludes halogenated alkanes) is 1. The van der Waals surface area contributed by atoms with Gasteiger partial charge in [0.1, 0.15) is 17.0 Å². The average Bonchev–Trinajstić information content (AvgIpc) is 1.75. The Bertz CT molecular complexity index is 4310. The van der Waals surface area contributed by atoms with Crippen molar-refractivity contribution < 1.29 is 63.8 Å². The number of hydrogen-bond donors (Lipinski definition) is 5. The van der Waals surface area contributed by atoms with E-state index in [0.29, 0.717) is 121 Å². The van der Waals surface area contributed by atoms with Gasteiger partial charge < -0.3 is 40.9 Å². The molecule has 21 nitrogen and oxygen atoms in total. The highest BCUT2D eigenvalue weighted by atomic mass is 35.5. The number of likely N-dealkylation sites (tertiary alicyclic amines) is 1. The number of piperazine rings is 1. The van der Waals surface area contributed by atoms with Gasteiger partial charge in [0.15, 0.2) is 0 Å². The van der Waals surface area contributed by atoms with Crippen molar-refractivity contribution >= 4 is 101 Å². The summed E-state index contributed by atoms with van der Waals surface area (Å²) in [5, 5.41) is 18.0. The van der Waals surface area contributed by atoms with Crippen molar-refractivity contribution in [2.45, 2.75) is 150 Å². The van der Waals surface area contributed by atoms with Crippen LogP contribution in [-0.2, 0) is 43.8 Å². The zero-order valence-corrected chi connectivity index (χ0v) is 64.0. The number of anilines is 2. The first-order valence-electron chi connectivity index (χ1n) is 35.4. The number of nitrogens with zero attached hydrogens (tertiary/aromatic N) is 6. The molecule has 1 aliphatic carbocycles. The molecule has 1 unspecified atom stereocenters. The van der Waals surface area contributed by atoms with E-state index in [0.717, 1.165) is 61.1 Å². The lowest BCUT2D eigenvalue weighted by Gasteiger charge is -2.47. The van der Waals surface area contributed by atoms with E-state index in [1.54, 1.807) is 33.9 Å². The number of aliphatic hydroxyl groups is 1. The topological polar surface area (TPSA) is 274 Å². The number of sulfone groups is 1. The zero-order chi connectivity index (χ0) is 75.6. The summed E-state index contributed by atoms with van der Waals surface area (Å²) in [6.45, 7) is 17.4. The molecule has 3 aliphatic heterocycles. The Morgan fingerprint density at radius 2 is 1.52 bits per heavy atom. The van der Waals surface area contributed by atoms with E-state index in [1.807, 2.05) is 118 Å². The number of thioether (sulfide) groups is 1. The zero-order valence-electron chi connectivity index (χ0n) is 60.0. The van der Waals surface area contributed by atoms with Crippen molar-refractivity contribution in [1.82, 2.24) is 34.6 Å². The number of benzene rings is 5. The number of nitrogens with two attached hydrogens (primary N) is 1. The van der Waals surface area contributed by atoms with Gasteiger partial charge in [-0.15, -0.1) is 23.1 Å². The van der Waals surface area contributed by atoms with E-state index in [4.69, 9.17) is 22.1 Å². The number of carbonyl (C=O) groups is 5. The number of alkyl halides is 3. The van der Waals surface area contributed by atoms with Gasteiger partial charge in [-0.3, -0.25) is 33.8 Å². The van der Waals surface area contributed by atoms with Gasteiger partial charge in [-0.05, 0) is 152 Å². The molecule has 29 heteroatoms. The summed E-state index contributed by atoms with van der Waals surface area (Å²) in [7, 11) is -11.1. The second kappa shape index (κ2) is 34.7. The van der Waals surface area contributed by atoms with Crippen molar-refractivity contribution in [2.75, 3.05) is 94.6 Å². The predicted molar refractivity (Wildman–Crippen MR) is 404 cm³/mol. The molecule has 10 rings (SSSR count). The highest BCUT2D eigenvalue weighted by Crippen LogP contribution is 2.46. The van der Waals surface area contributed by atoms with E-state index in [9.17, 15) is 49.5 Å². The van der Waals surface area contributed by atoms with Gasteiger partial charge in [0.25, 0.3) is 25.8 Å². The van der Waals surface area contributed by atoms with Crippen molar-refractivity contribution in [1.29, 1.82) is 0 Å². The number of halogens is 4. The smallest absolute Gasteiger partial charge is 0.391 e. The number of morpholine rings is 1. The molecular weight excluding hydrogens is 1450 g/mol. The van der Waals surface area contributed by atoms with E-state index >= 15 is 9.59 Å². The third-order valence-electron chi connectivity index (χ3n) is 20.0. The predicted octanol–water partition coefficient (Wildman–Crippen LogP) is 11.4. The summed E-state index contributed by atoms with van der Waals surface area (Å²) in [5.41, 5.74) is 6.32. The largest absolute Gasteiger partial charge is 0.501 e. The van der Waals surface area contributed by atoms with Crippen molar-refractivity contribution in [3.05, 3.63) is 160 Å². The van der Waals surface area contributed by atoms with Crippen LogP contribution in [0.25, 0.3) is 16.0 Å². The maximum absolute atomic E-state index is 15.6. The summed E-state index contributed by atoms with van der Waals surface area (Å²) in [4.78, 5) is 84.6. The molecule has 566 valence electrons. The second-order valence-corrected chi connectivity index (χ2v) is 35.1. The van der Waals surface area contributed by atoms with E-state index < -0.39 is 106 Å². The number of carbonyl (C=O) groups excluding carboxylic acids is 5. The lowest BCUT2D eigenvalue weighted by molar-refractivity contribution is -0.154. The minimum Gasteiger partial charge on any atom is -0.391 e. The SMILES string of the molecule is Cc1ncsc1-c1ccc([C@H](C)NC(=O)[C@@H]2C[C@@H](O)CN2C(=O)[C@@H](N(CC2(C)CCC(c3ccc(Cl)cc3)=C(CN3CCN(c4ccc(C(=O)NS(=O)(=O)c5ccc(N[C@H](CCN6CCOCC6)CSc6ccccc6)c(S(=O)(=O)C(F)(F)F)c5)cc4)CC3)C2)C(=O)CCCCC(N)=O)C(C)(C)C)cc1. The molecule has 0 radical (unpaired) electrons. The fourth-order valence-electron chi connectivity index (χ4n) is 14.3. The quantitative estimate of drug-likeness (QED) is 0.0216. The number of sulfonamides is 1.